The lowest BCUT2D eigenvalue weighted by molar-refractivity contribution is -0.136. The summed E-state index contributed by atoms with van der Waals surface area (Å²) in [6.45, 7) is 0. The molecule has 0 aliphatic carbocycles. The molecule has 0 spiro atoms. The first-order valence-electron chi connectivity index (χ1n) is 6.68. The fourth-order valence-corrected chi connectivity index (χ4v) is 2.38. The van der Waals surface area contributed by atoms with E-state index < -0.39 is 23.0 Å². The van der Waals surface area contributed by atoms with E-state index in [2.05, 4.69) is 0 Å². The molecule has 3 aromatic rings. The smallest absolute Gasteiger partial charge is 0.307 e. The van der Waals surface area contributed by atoms with Gasteiger partial charge in [0.2, 0.25) is 0 Å². The number of rotatable bonds is 3. The summed E-state index contributed by atoms with van der Waals surface area (Å²) in [5, 5.41) is 9.15. The number of aliphatic carboxylic acids is 1. The predicted molar refractivity (Wildman–Crippen MR) is 79.2 cm³/mol. The summed E-state index contributed by atoms with van der Waals surface area (Å²) in [6.07, 6.45) is -0.332. The molecule has 0 amide bonds. The normalized spacial score (nSPS) is 10.9. The molecule has 1 heterocycles. The van der Waals surface area contributed by atoms with Crippen LogP contribution in [0.4, 0.5) is 8.78 Å². The van der Waals surface area contributed by atoms with Crippen LogP contribution in [0.15, 0.2) is 51.7 Å². The van der Waals surface area contributed by atoms with E-state index >= 15 is 0 Å². The van der Waals surface area contributed by atoms with E-state index in [4.69, 9.17) is 9.52 Å². The van der Waals surface area contributed by atoms with Gasteiger partial charge >= 0.3 is 5.97 Å². The van der Waals surface area contributed by atoms with E-state index in [0.717, 1.165) is 18.2 Å². The van der Waals surface area contributed by atoms with Crippen LogP contribution in [0.3, 0.4) is 0 Å². The zero-order chi connectivity index (χ0) is 16.6. The second kappa shape index (κ2) is 5.64. The summed E-state index contributed by atoms with van der Waals surface area (Å²) in [6, 6.07) is 8.48. The fraction of sp³-hybridized carbons (Fsp3) is 0.0588. The van der Waals surface area contributed by atoms with Gasteiger partial charge in [-0.1, -0.05) is 12.1 Å². The van der Waals surface area contributed by atoms with Crippen molar-refractivity contribution in [1.82, 2.24) is 0 Å². The molecule has 0 unspecified atom stereocenters. The SMILES string of the molecule is O=C(O)Cc1cccc2c(=O)cc(-c3cc(F)cc(F)c3)oc12. The third-order valence-electron chi connectivity index (χ3n) is 3.32. The summed E-state index contributed by atoms with van der Waals surface area (Å²) >= 11 is 0. The van der Waals surface area contributed by atoms with Gasteiger partial charge in [-0.05, 0) is 18.2 Å². The van der Waals surface area contributed by atoms with Gasteiger partial charge in [0.25, 0.3) is 0 Å². The first-order chi connectivity index (χ1) is 10.9. The minimum Gasteiger partial charge on any atom is -0.481 e. The molecule has 116 valence electrons. The maximum Gasteiger partial charge on any atom is 0.307 e. The van der Waals surface area contributed by atoms with Crippen LogP contribution in [0, 0.1) is 11.6 Å². The van der Waals surface area contributed by atoms with Crippen molar-refractivity contribution in [1.29, 1.82) is 0 Å². The summed E-state index contributed by atoms with van der Waals surface area (Å²) < 4.78 is 32.3. The van der Waals surface area contributed by atoms with Crippen molar-refractivity contribution in [2.24, 2.45) is 0 Å². The van der Waals surface area contributed by atoms with Crippen LogP contribution in [-0.2, 0) is 11.2 Å². The topological polar surface area (TPSA) is 67.5 Å². The van der Waals surface area contributed by atoms with Gasteiger partial charge in [0.05, 0.1) is 11.8 Å². The number of hydrogen-bond donors (Lipinski definition) is 1. The molecule has 3 rings (SSSR count). The maximum atomic E-state index is 13.3. The number of carboxylic acid groups (broad SMARTS) is 1. The lowest BCUT2D eigenvalue weighted by atomic mass is 10.1. The zero-order valence-corrected chi connectivity index (χ0v) is 11.7. The quantitative estimate of drug-likeness (QED) is 0.804. The first kappa shape index (κ1) is 14.9. The molecule has 23 heavy (non-hydrogen) atoms. The van der Waals surface area contributed by atoms with Crippen molar-refractivity contribution >= 4 is 16.9 Å². The summed E-state index contributed by atoms with van der Waals surface area (Å²) in [5.74, 6) is -2.72. The summed E-state index contributed by atoms with van der Waals surface area (Å²) in [5.41, 5.74) is 0.0534. The molecule has 0 aliphatic rings. The Morgan fingerprint density at radius 3 is 2.43 bits per heavy atom. The number of para-hydroxylation sites is 1. The Morgan fingerprint density at radius 2 is 1.78 bits per heavy atom. The van der Waals surface area contributed by atoms with Crippen molar-refractivity contribution in [2.75, 3.05) is 0 Å². The highest BCUT2D eigenvalue weighted by atomic mass is 19.1. The molecule has 2 aromatic carbocycles. The van der Waals surface area contributed by atoms with E-state index in [0.29, 0.717) is 11.6 Å². The monoisotopic (exact) mass is 316 g/mol. The lowest BCUT2D eigenvalue weighted by Gasteiger charge is -2.07. The van der Waals surface area contributed by atoms with E-state index in [1.807, 2.05) is 0 Å². The highest BCUT2D eigenvalue weighted by Crippen LogP contribution is 2.26. The standard InChI is InChI=1S/C17H10F2O4/c18-11-4-10(5-12(19)7-11)15-8-14(20)13-3-1-2-9(6-16(21)22)17(13)23-15/h1-5,7-8H,6H2,(H,21,22). The van der Waals surface area contributed by atoms with E-state index in [1.54, 1.807) is 6.07 Å². The van der Waals surface area contributed by atoms with E-state index in [-0.39, 0.29) is 28.7 Å². The van der Waals surface area contributed by atoms with Gasteiger partial charge in [-0.15, -0.1) is 0 Å². The number of benzene rings is 2. The molecule has 4 nitrogen and oxygen atoms in total. The van der Waals surface area contributed by atoms with Crippen molar-refractivity contribution in [3.05, 3.63) is 69.9 Å². The molecule has 0 saturated carbocycles. The van der Waals surface area contributed by atoms with Gasteiger partial charge in [-0.3, -0.25) is 9.59 Å². The fourth-order valence-electron chi connectivity index (χ4n) is 2.38. The maximum absolute atomic E-state index is 13.3. The third kappa shape index (κ3) is 2.96. The summed E-state index contributed by atoms with van der Waals surface area (Å²) in [4.78, 5) is 23.1. The molecule has 0 aliphatic heterocycles. The molecule has 0 fully saturated rings. The minimum absolute atomic E-state index is 0.0289. The molecule has 0 saturated heterocycles. The second-order valence-corrected chi connectivity index (χ2v) is 5.00. The average molecular weight is 316 g/mol. The molecule has 1 N–H and O–H groups in total. The number of carbonyl (C=O) groups is 1. The van der Waals surface area contributed by atoms with Crippen LogP contribution in [0.1, 0.15) is 5.56 Å². The van der Waals surface area contributed by atoms with Gasteiger partial charge in [-0.2, -0.15) is 0 Å². The van der Waals surface area contributed by atoms with Crippen LogP contribution in [0.5, 0.6) is 0 Å². The Morgan fingerprint density at radius 1 is 1.09 bits per heavy atom. The van der Waals surface area contributed by atoms with Gasteiger partial charge in [0.1, 0.15) is 23.0 Å². The molecule has 0 radical (unpaired) electrons. The predicted octanol–water partition coefficient (Wildman–Crippen LogP) is 3.37. The van der Waals surface area contributed by atoms with Crippen molar-refractivity contribution < 1.29 is 23.1 Å². The van der Waals surface area contributed by atoms with Crippen molar-refractivity contribution in [2.45, 2.75) is 6.42 Å². The van der Waals surface area contributed by atoms with Crippen LogP contribution in [-0.4, -0.2) is 11.1 Å². The second-order valence-electron chi connectivity index (χ2n) is 5.00. The largest absolute Gasteiger partial charge is 0.481 e. The third-order valence-corrected chi connectivity index (χ3v) is 3.32. The molecule has 0 atom stereocenters. The Bertz CT molecular complexity index is 956. The van der Waals surface area contributed by atoms with Gasteiger partial charge in [0.15, 0.2) is 5.43 Å². The van der Waals surface area contributed by atoms with Crippen LogP contribution >= 0.6 is 0 Å². The van der Waals surface area contributed by atoms with E-state index in [9.17, 15) is 18.4 Å². The Labute approximate surface area is 128 Å². The average Bonchev–Trinajstić information content (AvgIpc) is 2.46. The highest BCUT2D eigenvalue weighted by Gasteiger charge is 2.13. The Kier molecular flexibility index (Phi) is 3.65. The van der Waals surface area contributed by atoms with Crippen LogP contribution in [0.2, 0.25) is 0 Å². The van der Waals surface area contributed by atoms with Crippen LogP contribution in [0.25, 0.3) is 22.3 Å². The van der Waals surface area contributed by atoms with E-state index in [1.165, 1.54) is 12.1 Å². The Hall–Kier alpha value is -3.02. The van der Waals surface area contributed by atoms with Crippen LogP contribution < -0.4 is 5.43 Å². The minimum atomic E-state index is -1.08. The molecule has 0 bridgehead atoms. The molecule has 1 aromatic heterocycles. The Balaban J connectivity index is 2.27. The van der Waals surface area contributed by atoms with Crippen molar-refractivity contribution in [3.8, 4) is 11.3 Å². The molecular weight excluding hydrogens is 306 g/mol. The van der Waals surface area contributed by atoms with Gasteiger partial charge < -0.3 is 9.52 Å². The number of carboxylic acids is 1. The molecule has 6 heteroatoms. The number of hydrogen-bond acceptors (Lipinski definition) is 3. The highest BCUT2D eigenvalue weighted by molar-refractivity contribution is 5.85. The number of fused-ring (bicyclic) bond motifs is 1. The lowest BCUT2D eigenvalue weighted by Crippen LogP contribution is -2.05. The molecular formula is C17H10F2O4. The van der Waals surface area contributed by atoms with Crippen molar-refractivity contribution in [3.63, 3.8) is 0 Å². The zero-order valence-electron chi connectivity index (χ0n) is 11.7. The van der Waals surface area contributed by atoms with Gasteiger partial charge in [-0.25, -0.2) is 8.78 Å². The summed E-state index contributed by atoms with van der Waals surface area (Å²) in [7, 11) is 0. The number of halogens is 2. The first-order valence-corrected chi connectivity index (χ1v) is 6.68. The van der Waals surface area contributed by atoms with Gasteiger partial charge in [0, 0.05) is 23.3 Å².